The zero-order valence-corrected chi connectivity index (χ0v) is 14.2. The van der Waals surface area contributed by atoms with E-state index in [0.29, 0.717) is 13.0 Å². The van der Waals surface area contributed by atoms with E-state index in [1.165, 1.54) is 0 Å². The van der Waals surface area contributed by atoms with E-state index in [-0.39, 0.29) is 17.9 Å². The molecule has 0 unspecified atom stereocenters. The van der Waals surface area contributed by atoms with Gasteiger partial charge in [-0.3, -0.25) is 9.59 Å². The molecule has 1 aliphatic heterocycles. The van der Waals surface area contributed by atoms with Crippen LogP contribution in [0, 0.1) is 12.8 Å². The smallest absolute Gasteiger partial charge is 0.239 e. The molecule has 1 N–H and O–H groups in total. The van der Waals surface area contributed by atoms with Crippen LogP contribution in [0.2, 0.25) is 0 Å². The largest absolute Gasteiger partial charge is 0.353 e. The van der Waals surface area contributed by atoms with E-state index < -0.39 is 5.92 Å². The van der Waals surface area contributed by atoms with Crippen molar-refractivity contribution in [3.63, 3.8) is 0 Å². The van der Waals surface area contributed by atoms with Crippen LogP contribution in [0.3, 0.4) is 0 Å². The van der Waals surface area contributed by atoms with Gasteiger partial charge in [-0.05, 0) is 44.4 Å². The van der Waals surface area contributed by atoms with E-state index in [9.17, 15) is 9.59 Å². The summed E-state index contributed by atoms with van der Waals surface area (Å²) in [4.78, 5) is 26.4. The highest BCUT2D eigenvalue weighted by molar-refractivity contribution is 9.10. The second kappa shape index (κ2) is 6.60. The second-order valence-corrected chi connectivity index (χ2v) is 6.50. The summed E-state index contributed by atoms with van der Waals surface area (Å²) >= 11 is 3.43. The van der Waals surface area contributed by atoms with Crippen molar-refractivity contribution < 1.29 is 9.59 Å². The molecule has 0 saturated carbocycles. The highest BCUT2D eigenvalue weighted by Gasteiger charge is 2.38. The lowest BCUT2D eigenvalue weighted by Crippen LogP contribution is -2.40. The van der Waals surface area contributed by atoms with Crippen molar-refractivity contribution in [3.8, 4) is 0 Å². The summed E-state index contributed by atoms with van der Waals surface area (Å²) < 4.78 is 0.934. The summed E-state index contributed by atoms with van der Waals surface area (Å²) in [6, 6.07) is 5.96. The van der Waals surface area contributed by atoms with Crippen LogP contribution >= 0.6 is 15.9 Å². The van der Waals surface area contributed by atoms with Crippen molar-refractivity contribution in [1.29, 1.82) is 0 Å². The molecule has 1 aromatic rings. The molecule has 1 fully saturated rings. The first-order valence-electron chi connectivity index (χ1n) is 7.32. The number of carbonyl (C=O) groups is 2. The molecule has 0 spiro atoms. The first-order valence-corrected chi connectivity index (χ1v) is 8.11. The third-order valence-electron chi connectivity index (χ3n) is 3.99. The van der Waals surface area contributed by atoms with Gasteiger partial charge in [0.1, 0.15) is 5.92 Å². The monoisotopic (exact) mass is 352 g/mol. The van der Waals surface area contributed by atoms with E-state index in [0.717, 1.165) is 22.1 Å². The Morgan fingerprint density at radius 1 is 1.52 bits per heavy atom. The van der Waals surface area contributed by atoms with Crippen LogP contribution < -0.4 is 10.2 Å². The molecule has 1 aromatic carbocycles. The van der Waals surface area contributed by atoms with Crippen LogP contribution in [0.5, 0.6) is 0 Å². The van der Waals surface area contributed by atoms with Gasteiger partial charge in [0.2, 0.25) is 11.8 Å². The van der Waals surface area contributed by atoms with Gasteiger partial charge in [0.15, 0.2) is 0 Å². The van der Waals surface area contributed by atoms with E-state index in [1.54, 1.807) is 4.90 Å². The number of nitrogens with zero attached hydrogens (tertiary/aromatic N) is 1. The number of hydrogen-bond donors (Lipinski definition) is 1. The van der Waals surface area contributed by atoms with Gasteiger partial charge in [0.05, 0.1) is 0 Å². The number of carbonyl (C=O) groups excluding carboxylic acids is 2. The fourth-order valence-electron chi connectivity index (χ4n) is 2.48. The van der Waals surface area contributed by atoms with Gasteiger partial charge < -0.3 is 10.2 Å². The zero-order chi connectivity index (χ0) is 15.6. The molecule has 1 saturated heterocycles. The Kier molecular flexibility index (Phi) is 5.04. The molecular formula is C16H21BrN2O2. The van der Waals surface area contributed by atoms with Crippen molar-refractivity contribution >= 4 is 33.4 Å². The molecule has 4 nitrogen and oxygen atoms in total. The van der Waals surface area contributed by atoms with Crippen LogP contribution in [-0.4, -0.2) is 24.4 Å². The number of halogens is 1. The zero-order valence-electron chi connectivity index (χ0n) is 12.6. The van der Waals surface area contributed by atoms with Gasteiger partial charge in [-0.25, -0.2) is 0 Å². The quantitative estimate of drug-likeness (QED) is 0.846. The average molecular weight is 353 g/mol. The number of rotatable bonds is 4. The maximum absolute atomic E-state index is 12.5. The summed E-state index contributed by atoms with van der Waals surface area (Å²) in [5.74, 6) is -0.807. The van der Waals surface area contributed by atoms with Crippen molar-refractivity contribution in [3.05, 3.63) is 28.2 Å². The Balaban J connectivity index is 2.14. The fourth-order valence-corrected chi connectivity index (χ4v) is 2.83. The Labute approximate surface area is 134 Å². The minimum atomic E-state index is -0.558. The molecule has 0 bridgehead atoms. The molecule has 21 heavy (non-hydrogen) atoms. The van der Waals surface area contributed by atoms with Crippen molar-refractivity contribution in [2.45, 2.75) is 39.7 Å². The topological polar surface area (TPSA) is 49.4 Å². The van der Waals surface area contributed by atoms with E-state index in [4.69, 9.17) is 0 Å². The van der Waals surface area contributed by atoms with Gasteiger partial charge in [0, 0.05) is 22.7 Å². The molecule has 2 atom stereocenters. The fraction of sp³-hybridized carbons (Fsp3) is 0.500. The van der Waals surface area contributed by atoms with Crippen molar-refractivity contribution in [1.82, 2.24) is 5.32 Å². The van der Waals surface area contributed by atoms with Gasteiger partial charge in [0.25, 0.3) is 0 Å². The molecule has 2 rings (SSSR count). The van der Waals surface area contributed by atoms with Gasteiger partial charge in [-0.15, -0.1) is 0 Å². The summed E-state index contributed by atoms with van der Waals surface area (Å²) in [6.45, 7) is 6.53. The van der Waals surface area contributed by atoms with Crippen LogP contribution in [-0.2, 0) is 9.59 Å². The Morgan fingerprint density at radius 3 is 2.90 bits per heavy atom. The first-order chi connectivity index (χ1) is 9.93. The van der Waals surface area contributed by atoms with Gasteiger partial charge >= 0.3 is 0 Å². The summed E-state index contributed by atoms with van der Waals surface area (Å²) in [6.07, 6.45) is 1.44. The normalized spacial score (nSPS) is 19.7. The lowest BCUT2D eigenvalue weighted by Gasteiger charge is -2.20. The molecule has 114 valence electrons. The summed E-state index contributed by atoms with van der Waals surface area (Å²) in [5, 5.41) is 2.90. The predicted molar refractivity (Wildman–Crippen MR) is 87.2 cm³/mol. The highest BCUT2D eigenvalue weighted by atomic mass is 79.9. The molecule has 2 amide bonds. The van der Waals surface area contributed by atoms with E-state index in [1.807, 2.05) is 39.0 Å². The van der Waals surface area contributed by atoms with Crippen LogP contribution in [0.15, 0.2) is 22.7 Å². The minimum Gasteiger partial charge on any atom is -0.353 e. The van der Waals surface area contributed by atoms with Crippen LogP contribution in [0.1, 0.15) is 32.3 Å². The minimum absolute atomic E-state index is 0.1000. The number of benzene rings is 1. The molecule has 0 radical (unpaired) electrons. The lowest BCUT2D eigenvalue weighted by molar-refractivity contribution is -0.132. The number of anilines is 1. The Bertz CT molecular complexity index is 559. The average Bonchev–Trinajstić information content (AvgIpc) is 2.83. The summed E-state index contributed by atoms with van der Waals surface area (Å²) in [7, 11) is 0. The third-order valence-corrected chi connectivity index (χ3v) is 4.48. The maximum Gasteiger partial charge on any atom is 0.239 e. The molecule has 5 heteroatoms. The third kappa shape index (κ3) is 3.46. The van der Waals surface area contributed by atoms with Crippen LogP contribution in [0.4, 0.5) is 5.69 Å². The molecular weight excluding hydrogens is 332 g/mol. The van der Waals surface area contributed by atoms with E-state index in [2.05, 4.69) is 21.2 Å². The summed E-state index contributed by atoms with van der Waals surface area (Å²) in [5.41, 5.74) is 1.92. The highest BCUT2D eigenvalue weighted by Crippen LogP contribution is 2.30. The number of nitrogens with one attached hydrogen (secondary N) is 1. The SMILES string of the molecule is CC[C@H](C)NC(=O)[C@@H]1CCN(c2cc(Br)ccc2C)C1=O. The molecule has 0 aliphatic carbocycles. The van der Waals surface area contributed by atoms with Gasteiger partial charge in [-0.2, -0.15) is 0 Å². The van der Waals surface area contributed by atoms with Gasteiger partial charge in [-0.1, -0.05) is 28.9 Å². The van der Waals surface area contributed by atoms with Crippen molar-refractivity contribution in [2.24, 2.45) is 5.92 Å². The van der Waals surface area contributed by atoms with E-state index >= 15 is 0 Å². The Morgan fingerprint density at radius 2 is 2.24 bits per heavy atom. The number of hydrogen-bond acceptors (Lipinski definition) is 2. The number of aryl methyl sites for hydroxylation is 1. The Hall–Kier alpha value is -1.36. The maximum atomic E-state index is 12.5. The molecule has 1 heterocycles. The van der Waals surface area contributed by atoms with Crippen molar-refractivity contribution in [2.75, 3.05) is 11.4 Å². The number of amides is 2. The standard InChI is InChI=1S/C16H21BrN2O2/c1-4-11(3)18-15(20)13-7-8-19(16(13)21)14-9-12(17)6-5-10(14)2/h5-6,9,11,13H,4,7-8H2,1-3H3,(H,18,20)/t11-,13-/m0/s1. The predicted octanol–water partition coefficient (Wildman–Crippen LogP) is 3.03. The second-order valence-electron chi connectivity index (χ2n) is 5.58. The lowest BCUT2D eigenvalue weighted by atomic mass is 10.1. The molecule has 1 aliphatic rings. The molecule has 0 aromatic heterocycles. The van der Waals surface area contributed by atoms with Crippen LogP contribution in [0.25, 0.3) is 0 Å². The first kappa shape index (κ1) is 16.0.